The van der Waals surface area contributed by atoms with Crippen LogP contribution in [0.25, 0.3) is 10.9 Å². The van der Waals surface area contributed by atoms with E-state index in [1.807, 2.05) is 0 Å². The molecule has 0 fully saturated rings. The summed E-state index contributed by atoms with van der Waals surface area (Å²) in [6.45, 7) is 8.80. The quantitative estimate of drug-likeness (QED) is 0.762. The Morgan fingerprint density at radius 3 is 2.62 bits per heavy atom. The van der Waals surface area contributed by atoms with Crippen LogP contribution in [0.3, 0.4) is 0 Å². The fraction of sp³-hybridized carbons (Fsp3) is 0.556. The van der Waals surface area contributed by atoms with Crippen LogP contribution in [-0.4, -0.2) is 21.8 Å². The van der Waals surface area contributed by atoms with Crippen molar-refractivity contribution in [2.75, 3.05) is 6.61 Å². The number of rotatable bonds is 7. The second-order valence-corrected chi connectivity index (χ2v) is 6.79. The van der Waals surface area contributed by atoms with E-state index in [-0.39, 0.29) is 5.54 Å². The maximum Gasteiger partial charge on any atom is 0.0480 e. The lowest BCUT2D eigenvalue weighted by atomic mass is 10.1. The number of nitrogens with one attached hydrogen (secondary N) is 1. The second-order valence-electron chi connectivity index (χ2n) is 6.79. The third-order valence-corrected chi connectivity index (χ3v) is 3.72. The van der Waals surface area contributed by atoms with E-state index in [0.717, 1.165) is 32.4 Å². The van der Waals surface area contributed by atoms with E-state index in [4.69, 9.17) is 5.11 Å². The lowest BCUT2D eigenvalue weighted by molar-refractivity contribution is 0.282. The molecule has 0 unspecified atom stereocenters. The van der Waals surface area contributed by atoms with Crippen molar-refractivity contribution in [3.05, 3.63) is 36.0 Å². The van der Waals surface area contributed by atoms with Gasteiger partial charge in [-0.05, 0) is 69.2 Å². The van der Waals surface area contributed by atoms with Gasteiger partial charge in [-0.3, -0.25) is 0 Å². The first-order valence-corrected chi connectivity index (χ1v) is 7.93. The minimum atomic E-state index is 0.146. The Morgan fingerprint density at radius 1 is 1.10 bits per heavy atom. The van der Waals surface area contributed by atoms with Crippen molar-refractivity contribution in [2.45, 2.75) is 58.7 Å². The molecular formula is C18H28N2O. The van der Waals surface area contributed by atoms with Crippen LogP contribution in [0.5, 0.6) is 0 Å². The molecule has 1 aromatic carbocycles. The number of benzene rings is 1. The van der Waals surface area contributed by atoms with E-state index in [2.05, 4.69) is 61.1 Å². The topological polar surface area (TPSA) is 37.2 Å². The Labute approximate surface area is 128 Å². The summed E-state index contributed by atoms with van der Waals surface area (Å²) < 4.78 is 2.31. The van der Waals surface area contributed by atoms with E-state index in [1.54, 1.807) is 0 Å². The molecule has 21 heavy (non-hydrogen) atoms. The third kappa shape index (κ3) is 4.87. The summed E-state index contributed by atoms with van der Waals surface area (Å²) in [5.74, 6) is 0. The van der Waals surface area contributed by atoms with Crippen LogP contribution in [0.15, 0.2) is 30.5 Å². The second kappa shape index (κ2) is 7.10. The van der Waals surface area contributed by atoms with Crippen LogP contribution in [0.2, 0.25) is 0 Å². The first kappa shape index (κ1) is 16.1. The first-order valence-electron chi connectivity index (χ1n) is 7.93. The van der Waals surface area contributed by atoms with Gasteiger partial charge in [-0.1, -0.05) is 6.07 Å². The minimum Gasteiger partial charge on any atom is -0.396 e. The molecule has 3 heteroatoms. The van der Waals surface area contributed by atoms with Crippen molar-refractivity contribution in [3.63, 3.8) is 0 Å². The Kier molecular flexibility index (Phi) is 5.43. The number of nitrogens with zero attached hydrogens (tertiary/aromatic N) is 1. The fourth-order valence-corrected chi connectivity index (χ4v) is 2.49. The Hall–Kier alpha value is -1.32. The molecule has 0 saturated heterocycles. The van der Waals surface area contributed by atoms with Crippen LogP contribution in [-0.2, 0) is 13.1 Å². The van der Waals surface area contributed by atoms with Gasteiger partial charge in [0.15, 0.2) is 0 Å². The van der Waals surface area contributed by atoms with Crippen molar-refractivity contribution in [2.24, 2.45) is 0 Å². The molecule has 0 radical (unpaired) electrons. The average Bonchev–Trinajstić information content (AvgIpc) is 2.83. The molecule has 0 bridgehead atoms. The Bertz CT molecular complexity index is 566. The summed E-state index contributed by atoms with van der Waals surface area (Å²) in [5, 5.41) is 13.7. The molecule has 116 valence electrons. The molecule has 0 spiro atoms. The van der Waals surface area contributed by atoms with Crippen molar-refractivity contribution < 1.29 is 5.11 Å². The van der Waals surface area contributed by atoms with Gasteiger partial charge >= 0.3 is 0 Å². The normalized spacial score (nSPS) is 12.2. The van der Waals surface area contributed by atoms with Crippen molar-refractivity contribution >= 4 is 10.9 Å². The number of fused-ring (bicyclic) bond motifs is 1. The maximum absolute atomic E-state index is 8.82. The van der Waals surface area contributed by atoms with Gasteiger partial charge in [-0.15, -0.1) is 0 Å². The van der Waals surface area contributed by atoms with Crippen molar-refractivity contribution in [1.29, 1.82) is 0 Å². The van der Waals surface area contributed by atoms with E-state index in [0.29, 0.717) is 6.61 Å². The lowest BCUT2D eigenvalue weighted by Crippen LogP contribution is -2.35. The zero-order chi connectivity index (χ0) is 15.3. The highest BCUT2D eigenvalue weighted by Crippen LogP contribution is 2.19. The molecule has 1 heterocycles. The van der Waals surface area contributed by atoms with Crippen LogP contribution in [0.4, 0.5) is 0 Å². The minimum absolute atomic E-state index is 0.146. The summed E-state index contributed by atoms with van der Waals surface area (Å²) in [6.07, 6.45) is 5.29. The molecule has 0 aliphatic heterocycles. The molecule has 3 nitrogen and oxygen atoms in total. The standard InChI is InChI=1S/C18H28N2O/c1-18(2,3)19-14-15-7-8-17-16(13-15)9-11-20(17)10-5-4-6-12-21/h7-9,11,13,19,21H,4-6,10,12,14H2,1-3H3. The SMILES string of the molecule is CC(C)(C)NCc1ccc2c(ccn2CCCCCO)c1. The highest BCUT2D eigenvalue weighted by molar-refractivity contribution is 5.80. The molecule has 2 rings (SSSR count). The number of aliphatic hydroxyl groups excluding tert-OH is 1. The van der Waals surface area contributed by atoms with E-state index >= 15 is 0 Å². The summed E-state index contributed by atoms with van der Waals surface area (Å²) in [6, 6.07) is 8.91. The largest absolute Gasteiger partial charge is 0.396 e. The number of unbranched alkanes of at least 4 members (excludes halogenated alkanes) is 2. The van der Waals surface area contributed by atoms with Gasteiger partial charge in [-0.25, -0.2) is 0 Å². The molecule has 0 saturated carbocycles. The molecule has 1 aromatic heterocycles. The predicted molar refractivity (Wildman–Crippen MR) is 89.5 cm³/mol. The molecule has 2 aromatic rings. The smallest absolute Gasteiger partial charge is 0.0480 e. The zero-order valence-corrected chi connectivity index (χ0v) is 13.5. The molecule has 0 amide bonds. The van der Waals surface area contributed by atoms with E-state index < -0.39 is 0 Å². The zero-order valence-electron chi connectivity index (χ0n) is 13.5. The van der Waals surface area contributed by atoms with Crippen LogP contribution in [0, 0.1) is 0 Å². The van der Waals surface area contributed by atoms with Gasteiger partial charge in [0.05, 0.1) is 0 Å². The number of hydrogen-bond donors (Lipinski definition) is 2. The number of aryl methyl sites for hydroxylation is 1. The number of aliphatic hydroxyl groups is 1. The summed E-state index contributed by atoms with van der Waals surface area (Å²) in [5.41, 5.74) is 2.78. The van der Waals surface area contributed by atoms with Crippen LogP contribution in [0.1, 0.15) is 45.6 Å². The molecule has 2 N–H and O–H groups in total. The third-order valence-electron chi connectivity index (χ3n) is 3.72. The van der Waals surface area contributed by atoms with Crippen LogP contribution < -0.4 is 5.32 Å². The van der Waals surface area contributed by atoms with Gasteiger partial charge in [0.25, 0.3) is 0 Å². The molecule has 0 atom stereocenters. The van der Waals surface area contributed by atoms with Gasteiger partial charge in [0, 0.05) is 36.9 Å². The molecular weight excluding hydrogens is 260 g/mol. The summed E-state index contributed by atoms with van der Waals surface area (Å²) in [7, 11) is 0. The first-order chi connectivity index (χ1) is 9.99. The number of hydrogen-bond acceptors (Lipinski definition) is 2. The summed E-state index contributed by atoms with van der Waals surface area (Å²) >= 11 is 0. The fourth-order valence-electron chi connectivity index (χ4n) is 2.49. The summed E-state index contributed by atoms with van der Waals surface area (Å²) in [4.78, 5) is 0. The van der Waals surface area contributed by atoms with Crippen molar-refractivity contribution in [1.82, 2.24) is 9.88 Å². The van der Waals surface area contributed by atoms with Crippen LogP contribution >= 0.6 is 0 Å². The Balaban J connectivity index is 2.01. The predicted octanol–water partition coefficient (Wildman–Crippen LogP) is 3.69. The highest BCUT2D eigenvalue weighted by atomic mass is 16.2. The average molecular weight is 288 g/mol. The van der Waals surface area contributed by atoms with Gasteiger partial charge in [-0.2, -0.15) is 0 Å². The maximum atomic E-state index is 8.82. The van der Waals surface area contributed by atoms with E-state index in [9.17, 15) is 0 Å². The van der Waals surface area contributed by atoms with E-state index in [1.165, 1.54) is 16.5 Å². The van der Waals surface area contributed by atoms with Gasteiger partial charge in [0.2, 0.25) is 0 Å². The van der Waals surface area contributed by atoms with Gasteiger partial charge < -0.3 is 15.0 Å². The molecule has 0 aliphatic rings. The Morgan fingerprint density at radius 2 is 1.90 bits per heavy atom. The monoisotopic (exact) mass is 288 g/mol. The highest BCUT2D eigenvalue weighted by Gasteiger charge is 2.09. The van der Waals surface area contributed by atoms with Crippen molar-refractivity contribution in [3.8, 4) is 0 Å². The lowest BCUT2D eigenvalue weighted by Gasteiger charge is -2.20. The number of aromatic nitrogens is 1. The molecule has 0 aliphatic carbocycles. The van der Waals surface area contributed by atoms with Gasteiger partial charge in [0.1, 0.15) is 0 Å².